The van der Waals surface area contributed by atoms with Crippen molar-refractivity contribution < 1.29 is 4.74 Å². The molecule has 1 unspecified atom stereocenters. The highest BCUT2D eigenvalue weighted by Gasteiger charge is 2.28. The molecule has 0 aromatic carbocycles. The Morgan fingerprint density at radius 2 is 2.43 bits per heavy atom. The number of hydrogen-bond acceptors (Lipinski definition) is 1. The summed E-state index contributed by atoms with van der Waals surface area (Å²) in [6, 6.07) is 0. The maximum atomic E-state index is 5.28. The van der Waals surface area contributed by atoms with Gasteiger partial charge in [0, 0.05) is 6.42 Å². The molecule has 1 rings (SSSR count). The molecule has 0 N–H and O–H groups in total. The van der Waals surface area contributed by atoms with Crippen LogP contribution in [0.15, 0.2) is 0 Å². The summed E-state index contributed by atoms with van der Waals surface area (Å²) in [6.45, 7) is 4.15. The second-order valence-electron chi connectivity index (χ2n) is 2.17. The van der Waals surface area contributed by atoms with Gasteiger partial charge in [0.2, 0.25) is 6.10 Å². The zero-order chi connectivity index (χ0) is 5.28. The monoisotopic (exact) mass is 99.1 g/mol. The van der Waals surface area contributed by atoms with E-state index >= 15 is 0 Å². The molecule has 0 spiro atoms. The molecule has 0 amide bonds. The molecule has 1 aliphatic heterocycles. The Bertz CT molecular complexity index is 53.2. The number of rotatable bonds is 0. The van der Waals surface area contributed by atoms with E-state index in [-0.39, 0.29) is 0 Å². The molecule has 1 atom stereocenters. The topological polar surface area (TPSA) is 9.23 Å². The molecule has 1 nitrogen and oxygen atoms in total. The molecule has 0 bridgehead atoms. The first-order valence-corrected chi connectivity index (χ1v) is 2.78. The van der Waals surface area contributed by atoms with Crippen LogP contribution in [-0.2, 0) is 4.74 Å². The van der Waals surface area contributed by atoms with E-state index in [0.29, 0.717) is 6.10 Å². The van der Waals surface area contributed by atoms with E-state index in [9.17, 15) is 0 Å². The summed E-state index contributed by atoms with van der Waals surface area (Å²) < 4.78 is 5.28. The standard InChI is InChI=1S/C6H11O/c1-5-3-4-6(2)7-5/h5H,3-4H2,1-2H3/q+1. The summed E-state index contributed by atoms with van der Waals surface area (Å²) in [5.41, 5.74) is 0. The third-order valence-electron chi connectivity index (χ3n) is 1.31. The first-order chi connectivity index (χ1) is 3.29. The van der Waals surface area contributed by atoms with Gasteiger partial charge in [-0.1, -0.05) is 0 Å². The van der Waals surface area contributed by atoms with Crippen molar-refractivity contribution in [3.8, 4) is 0 Å². The van der Waals surface area contributed by atoms with Crippen LogP contribution in [0.3, 0.4) is 0 Å². The molecular formula is C6H11O+. The first-order valence-electron chi connectivity index (χ1n) is 2.78. The third kappa shape index (κ3) is 1.10. The quantitative estimate of drug-likeness (QED) is 0.420. The van der Waals surface area contributed by atoms with E-state index in [0.717, 1.165) is 0 Å². The third-order valence-corrected chi connectivity index (χ3v) is 1.31. The summed E-state index contributed by atoms with van der Waals surface area (Å²) in [6.07, 6.45) is 4.07. The molecule has 1 aliphatic rings. The highest BCUT2D eigenvalue weighted by atomic mass is 16.5. The zero-order valence-electron chi connectivity index (χ0n) is 4.90. The molecule has 1 fully saturated rings. The normalized spacial score (nSPS) is 31.7. The summed E-state index contributed by atoms with van der Waals surface area (Å²) in [5, 5.41) is 0. The lowest BCUT2D eigenvalue weighted by atomic mass is 10.2. The van der Waals surface area contributed by atoms with Gasteiger partial charge in [0.15, 0.2) is 0 Å². The van der Waals surface area contributed by atoms with Crippen molar-refractivity contribution in [2.75, 3.05) is 0 Å². The molecule has 0 saturated carbocycles. The predicted molar refractivity (Wildman–Crippen MR) is 28.7 cm³/mol. The van der Waals surface area contributed by atoms with E-state index in [4.69, 9.17) is 4.74 Å². The zero-order valence-corrected chi connectivity index (χ0v) is 4.90. The van der Waals surface area contributed by atoms with Crippen LogP contribution < -0.4 is 0 Å². The largest absolute Gasteiger partial charge is 0.238 e. The lowest BCUT2D eigenvalue weighted by Crippen LogP contribution is -1.96. The SMILES string of the molecule is C[C+]1CCC(C)O1. The number of hydrogen-bond donors (Lipinski definition) is 0. The van der Waals surface area contributed by atoms with Crippen molar-refractivity contribution in [2.24, 2.45) is 0 Å². The second-order valence-corrected chi connectivity index (χ2v) is 2.17. The maximum absolute atomic E-state index is 5.28. The summed E-state index contributed by atoms with van der Waals surface area (Å²) in [7, 11) is 0. The number of ether oxygens (including phenoxy) is 1. The van der Waals surface area contributed by atoms with Crippen molar-refractivity contribution >= 4 is 0 Å². The van der Waals surface area contributed by atoms with E-state index < -0.39 is 0 Å². The van der Waals surface area contributed by atoms with Crippen LogP contribution in [0.5, 0.6) is 0 Å². The molecule has 7 heavy (non-hydrogen) atoms. The summed E-state index contributed by atoms with van der Waals surface area (Å²) in [5.74, 6) is 0. The molecule has 0 radical (unpaired) electrons. The predicted octanol–water partition coefficient (Wildman–Crippen LogP) is 1.74. The molecule has 0 aliphatic carbocycles. The molecule has 0 aromatic rings. The lowest BCUT2D eigenvalue weighted by molar-refractivity contribution is 0.133. The van der Waals surface area contributed by atoms with Gasteiger partial charge >= 0.3 is 0 Å². The molecule has 0 aromatic heterocycles. The molecule has 1 heterocycles. The maximum Gasteiger partial charge on any atom is 0.238 e. The van der Waals surface area contributed by atoms with E-state index in [2.05, 4.69) is 6.92 Å². The van der Waals surface area contributed by atoms with Crippen LogP contribution in [-0.4, -0.2) is 6.10 Å². The van der Waals surface area contributed by atoms with Gasteiger partial charge in [-0.3, -0.25) is 0 Å². The Labute approximate surface area is 44.7 Å². The van der Waals surface area contributed by atoms with Gasteiger partial charge in [0.1, 0.15) is 19.4 Å². The molecule has 1 saturated heterocycles. The fourth-order valence-electron chi connectivity index (χ4n) is 0.868. The van der Waals surface area contributed by atoms with Crippen LogP contribution in [0.25, 0.3) is 0 Å². The van der Waals surface area contributed by atoms with Gasteiger partial charge in [0.05, 0.1) is 0 Å². The minimum absolute atomic E-state index is 0.486. The van der Waals surface area contributed by atoms with Crippen molar-refractivity contribution in [3.63, 3.8) is 0 Å². The van der Waals surface area contributed by atoms with Crippen molar-refractivity contribution in [1.29, 1.82) is 0 Å². The average Bonchev–Trinajstić information content (AvgIpc) is 1.87. The fraction of sp³-hybridized carbons (Fsp3) is 0.833. The van der Waals surface area contributed by atoms with Gasteiger partial charge in [-0.15, -0.1) is 0 Å². The van der Waals surface area contributed by atoms with Gasteiger partial charge in [-0.2, -0.15) is 4.74 Å². The second kappa shape index (κ2) is 1.74. The van der Waals surface area contributed by atoms with Gasteiger partial charge in [0.25, 0.3) is 0 Å². The molecular weight excluding hydrogens is 88.1 g/mol. The Kier molecular flexibility index (Phi) is 1.24. The molecule has 40 valence electrons. The summed E-state index contributed by atoms with van der Waals surface area (Å²) in [4.78, 5) is 0. The van der Waals surface area contributed by atoms with Crippen LogP contribution in [0, 0.1) is 6.10 Å². The van der Waals surface area contributed by atoms with Crippen LogP contribution in [0.4, 0.5) is 0 Å². The Morgan fingerprint density at radius 1 is 1.71 bits per heavy atom. The van der Waals surface area contributed by atoms with Crippen LogP contribution in [0.2, 0.25) is 0 Å². The van der Waals surface area contributed by atoms with Crippen LogP contribution >= 0.6 is 0 Å². The first kappa shape index (κ1) is 4.98. The van der Waals surface area contributed by atoms with Crippen molar-refractivity contribution in [1.82, 2.24) is 0 Å². The smallest absolute Gasteiger partial charge is 0.191 e. The minimum Gasteiger partial charge on any atom is -0.191 e. The Hall–Kier alpha value is -0.170. The van der Waals surface area contributed by atoms with E-state index in [1.165, 1.54) is 18.9 Å². The van der Waals surface area contributed by atoms with Gasteiger partial charge in [-0.05, 0) is 6.92 Å². The van der Waals surface area contributed by atoms with Gasteiger partial charge in [-0.25, -0.2) is 0 Å². The highest BCUT2D eigenvalue weighted by Crippen LogP contribution is 2.23. The van der Waals surface area contributed by atoms with Crippen molar-refractivity contribution in [2.45, 2.75) is 32.8 Å². The van der Waals surface area contributed by atoms with Crippen molar-refractivity contribution in [3.05, 3.63) is 6.10 Å². The lowest BCUT2D eigenvalue weighted by Gasteiger charge is -1.88. The highest BCUT2D eigenvalue weighted by molar-refractivity contribution is 4.80. The van der Waals surface area contributed by atoms with Gasteiger partial charge < -0.3 is 0 Å². The molecule has 1 heteroatoms. The average molecular weight is 99.2 g/mol. The van der Waals surface area contributed by atoms with E-state index in [1.54, 1.807) is 0 Å². The summed E-state index contributed by atoms with van der Waals surface area (Å²) >= 11 is 0. The Balaban J connectivity index is 2.26. The minimum atomic E-state index is 0.486. The Morgan fingerprint density at radius 3 is 2.57 bits per heavy atom. The fourth-order valence-corrected chi connectivity index (χ4v) is 0.868. The van der Waals surface area contributed by atoms with Crippen LogP contribution in [0.1, 0.15) is 26.7 Å². The van der Waals surface area contributed by atoms with E-state index in [1.807, 2.05) is 6.92 Å².